The van der Waals surface area contributed by atoms with Crippen molar-refractivity contribution in [2.75, 3.05) is 7.11 Å². The summed E-state index contributed by atoms with van der Waals surface area (Å²) in [4.78, 5) is 24.1. The summed E-state index contributed by atoms with van der Waals surface area (Å²) in [6.07, 6.45) is -0.0665. The highest BCUT2D eigenvalue weighted by Crippen LogP contribution is 2.28. The fraction of sp³-hybridized carbons (Fsp3) is 0.321. The lowest BCUT2D eigenvalue weighted by Gasteiger charge is -2.12. The molecule has 1 aromatic heterocycles. The number of carboxylic acids is 1. The van der Waals surface area contributed by atoms with Crippen LogP contribution in [0.2, 0.25) is 0 Å². The third-order valence-electron chi connectivity index (χ3n) is 5.81. The molecule has 0 radical (unpaired) electrons. The first-order valence-electron chi connectivity index (χ1n) is 12.1. The highest BCUT2D eigenvalue weighted by Gasteiger charge is 2.25. The van der Waals surface area contributed by atoms with Gasteiger partial charge in [-0.3, -0.25) is 9.59 Å². The molecule has 0 spiro atoms. The molecule has 0 bridgehead atoms. The number of hydrogen-bond donors (Lipinski definition) is 4. The molecular weight excluding hydrogens is 493 g/mol. The number of halogens is 1. The molecule has 0 saturated heterocycles. The van der Waals surface area contributed by atoms with Crippen molar-refractivity contribution >= 4 is 18.0 Å². The Hall–Kier alpha value is -4.02. The van der Waals surface area contributed by atoms with Crippen LogP contribution in [0.25, 0.3) is 11.8 Å². The number of aliphatic hydroxyl groups excluding tert-OH is 2. The van der Waals surface area contributed by atoms with Gasteiger partial charge in [-0.15, -0.1) is 0 Å². The van der Waals surface area contributed by atoms with E-state index < -0.39 is 36.3 Å². The Morgan fingerprint density at radius 3 is 2.50 bits per heavy atom. The van der Waals surface area contributed by atoms with Crippen LogP contribution in [0.15, 0.2) is 54.6 Å². The largest absolute Gasteiger partial charge is 0.497 e. The predicted octanol–water partition coefficient (Wildman–Crippen LogP) is 3.67. The van der Waals surface area contributed by atoms with Crippen LogP contribution in [-0.2, 0) is 11.3 Å². The molecule has 3 rings (SSSR count). The van der Waals surface area contributed by atoms with Gasteiger partial charge < -0.3 is 25.4 Å². The molecule has 2 aromatic carbocycles. The molecule has 3 aromatic rings. The number of carbonyl (C=O) groups excluding carboxylic acids is 1. The number of ether oxygens (including phenoxy) is 1. The first-order valence-corrected chi connectivity index (χ1v) is 12.1. The molecule has 1 amide bonds. The molecule has 38 heavy (non-hydrogen) atoms. The van der Waals surface area contributed by atoms with Crippen molar-refractivity contribution < 1.29 is 34.0 Å². The van der Waals surface area contributed by atoms with Crippen molar-refractivity contribution in [1.29, 1.82) is 0 Å². The van der Waals surface area contributed by atoms with Gasteiger partial charge in [-0.25, -0.2) is 9.07 Å². The van der Waals surface area contributed by atoms with Gasteiger partial charge in [-0.1, -0.05) is 32.1 Å². The lowest BCUT2D eigenvalue weighted by atomic mass is 9.98. The van der Waals surface area contributed by atoms with Crippen molar-refractivity contribution in [3.05, 3.63) is 82.9 Å². The molecule has 0 aliphatic carbocycles. The standard InChI is InChI=1S/C28H32FN3O6/c1-17(2)26-24(12-11-21(33)14-22(34)15-25(35)36)32(20-9-7-19(29)8-10-20)31-27(26)28(37)30-16-18-5-4-6-23(13-18)38-3/h4-13,17,21-22,33-34H,14-16H2,1-3H3,(H,30,37)(H,35,36)/t21-,22-/m1/s1. The van der Waals surface area contributed by atoms with Crippen LogP contribution in [0.5, 0.6) is 5.75 Å². The molecule has 1 heterocycles. The van der Waals surface area contributed by atoms with E-state index in [9.17, 15) is 24.2 Å². The number of nitrogens with zero attached hydrogens (tertiary/aromatic N) is 2. The number of aliphatic hydroxyl groups is 2. The van der Waals surface area contributed by atoms with Gasteiger partial charge in [-0.05, 0) is 54.0 Å². The predicted molar refractivity (Wildman–Crippen MR) is 140 cm³/mol. The molecular formula is C28H32FN3O6. The van der Waals surface area contributed by atoms with Crippen LogP contribution in [0, 0.1) is 5.82 Å². The maximum Gasteiger partial charge on any atom is 0.305 e. The molecule has 0 saturated carbocycles. The first kappa shape index (κ1) is 28.5. The summed E-state index contributed by atoms with van der Waals surface area (Å²) < 4.78 is 20.3. The first-order chi connectivity index (χ1) is 18.1. The average molecular weight is 526 g/mol. The van der Waals surface area contributed by atoms with E-state index in [1.54, 1.807) is 19.3 Å². The highest BCUT2D eigenvalue weighted by atomic mass is 19.1. The van der Waals surface area contributed by atoms with Crippen LogP contribution < -0.4 is 10.1 Å². The Bertz CT molecular complexity index is 1290. The summed E-state index contributed by atoms with van der Waals surface area (Å²) in [5.74, 6) is -1.50. The number of hydrogen-bond acceptors (Lipinski definition) is 6. The van der Waals surface area contributed by atoms with E-state index in [1.165, 1.54) is 35.0 Å². The summed E-state index contributed by atoms with van der Waals surface area (Å²) >= 11 is 0. The second-order valence-corrected chi connectivity index (χ2v) is 9.14. The Morgan fingerprint density at radius 1 is 1.16 bits per heavy atom. The highest BCUT2D eigenvalue weighted by molar-refractivity contribution is 5.95. The van der Waals surface area contributed by atoms with Crippen molar-refractivity contribution in [2.24, 2.45) is 0 Å². The average Bonchev–Trinajstić information content (AvgIpc) is 3.26. The lowest BCUT2D eigenvalue weighted by molar-refractivity contribution is -0.139. The normalized spacial score (nSPS) is 13.0. The fourth-order valence-corrected chi connectivity index (χ4v) is 4.01. The molecule has 0 aliphatic rings. The van der Waals surface area contributed by atoms with Crippen LogP contribution in [-0.4, -0.2) is 56.3 Å². The van der Waals surface area contributed by atoms with Gasteiger partial charge in [0.2, 0.25) is 0 Å². The summed E-state index contributed by atoms with van der Waals surface area (Å²) in [7, 11) is 1.56. The topological polar surface area (TPSA) is 134 Å². The molecule has 202 valence electrons. The number of benzene rings is 2. The third-order valence-corrected chi connectivity index (χ3v) is 5.81. The summed E-state index contributed by atoms with van der Waals surface area (Å²) in [5.41, 5.74) is 2.61. The fourth-order valence-electron chi connectivity index (χ4n) is 4.01. The van der Waals surface area contributed by atoms with Crippen LogP contribution >= 0.6 is 0 Å². The summed E-state index contributed by atoms with van der Waals surface area (Å²) in [6, 6.07) is 12.9. The van der Waals surface area contributed by atoms with E-state index in [4.69, 9.17) is 9.84 Å². The van der Waals surface area contributed by atoms with E-state index in [2.05, 4.69) is 10.4 Å². The monoisotopic (exact) mass is 525 g/mol. The van der Waals surface area contributed by atoms with Gasteiger partial charge in [-0.2, -0.15) is 5.10 Å². The Kier molecular flexibility index (Phi) is 9.75. The number of amides is 1. The minimum Gasteiger partial charge on any atom is -0.497 e. The molecule has 0 aliphatic heterocycles. The zero-order chi connectivity index (χ0) is 27.8. The minimum absolute atomic E-state index is 0.156. The molecule has 2 atom stereocenters. The Labute approximate surface area is 220 Å². The van der Waals surface area contributed by atoms with E-state index in [1.807, 2.05) is 32.0 Å². The number of aliphatic carboxylic acids is 1. The zero-order valence-electron chi connectivity index (χ0n) is 21.5. The Morgan fingerprint density at radius 2 is 1.87 bits per heavy atom. The quantitative estimate of drug-likeness (QED) is 0.283. The number of nitrogens with one attached hydrogen (secondary N) is 1. The minimum atomic E-state index is -1.23. The molecule has 10 heteroatoms. The molecule has 9 nitrogen and oxygen atoms in total. The van der Waals surface area contributed by atoms with Gasteiger partial charge in [0.1, 0.15) is 11.6 Å². The summed E-state index contributed by atoms with van der Waals surface area (Å²) in [5, 5.41) is 36.5. The smallest absolute Gasteiger partial charge is 0.305 e. The van der Waals surface area contributed by atoms with Crippen molar-refractivity contribution in [3.63, 3.8) is 0 Å². The van der Waals surface area contributed by atoms with Crippen molar-refractivity contribution in [1.82, 2.24) is 15.1 Å². The van der Waals surface area contributed by atoms with Crippen molar-refractivity contribution in [3.8, 4) is 11.4 Å². The van der Waals surface area contributed by atoms with Crippen LogP contribution in [0.1, 0.15) is 59.9 Å². The number of carbonyl (C=O) groups is 2. The maximum absolute atomic E-state index is 13.6. The van der Waals surface area contributed by atoms with Gasteiger partial charge in [0.15, 0.2) is 5.69 Å². The zero-order valence-corrected chi connectivity index (χ0v) is 21.5. The van der Waals surface area contributed by atoms with Gasteiger partial charge in [0.25, 0.3) is 5.91 Å². The van der Waals surface area contributed by atoms with Crippen molar-refractivity contribution in [2.45, 2.75) is 51.4 Å². The van der Waals surface area contributed by atoms with Crippen LogP contribution in [0.3, 0.4) is 0 Å². The van der Waals surface area contributed by atoms with Crippen LogP contribution in [0.4, 0.5) is 4.39 Å². The van der Waals surface area contributed by atoms with E-state index >= 15 is 0 Å². The number of methoxy groups -OCH3 is 1. The van der Waals surface area contributed by atoms with Gasteiger partial charge in [0.05, 0.1) is 37.1 Å². The van der Waals surface area contributed by atoms with Gasteiger partial charge >= 0.3 is 5.97 Å². The van der Waals surface area contributed by atoms with E-state index in [-0.39, 0.29) is 24.6 Å². The Balaban J connectivity index is 1.96. The lowest BCUT2D eigenvalue weighted by Crippen LogP contribution is -2.24. The molecule has 0 fully saturated rings. The molecule has 0 unspecified atom stereocenters. The second-order valence-electron chi connectivity index (χ2n) is 9.14. The summed E-state index contributed by atoms with van der Waals surface area (Å²) in [6.45, 7) is 4.03. The molecule has 4 N–H and O–H groups in total. The SMILES string of the molecule is COc1cccc(CNC(=O)c2nn(-c3ccc(F)cc3)c(C=C[C@@H](O)C[C@@H](O)CC(=O)O)c2C(C)C)c1. The number of rotatable bonds is 12. The third kappa shape index (κ3) is 7.50. The van der Waals surface area contributed by atoms with E-state index in [0.717, 1.165) is 5.56 Å². The maximum atomic E-state index is 13.6. The number of aromatic nitrogens is 2. The van der Waals surface area contributed by atoms with Gasteiger partial charge in [0, 0.05) is 18.5 Å². The van der Waals surface area contributed by atoms with E-state index in [0.29, 0.717) is 22.7 Å². The second kappa shape index (κ2) is 13.0. The number of carboxylic acid groups (broad SMARTS) is 1.